The van der Waals surface area contributed by atoms with E-state index in [-0.39, 0.29) is 5.57 Å². The molecule has 122 valence electrons. The number of hydrogen-bond acceptors (Lipinski definition) is 3. The Kier molecular flexibility index (Phi) is 6.09. The van der Waals surface area contributed by atoms with E-state index >= 15 is 0 Å². The van der Waals surface area contributed by atoms with E-state index in [4.69, 9.17) is 0 Å². The van der Waals surface area contributed by atoms with Crippen LogP contribution in [0.25, 0.3) is 6.08 Å². The minimum Gasteiger partial charge on any atom is -0.372 e. The quantitative estimate of drug-likeness (QED) is 0.657. The Morgan fingerprint density at radius 2 is 1.92 bits per heavy atom. The van der Waals surface area contributed by atoms with Crippen molar-refractivity contribution in [2.24, 2.45) is 0 Å². The van der Waals surface area contributed by atoms with Crippen LogP contribution in [0.4, 0.5) is 11.5 Å². The van der Waals surface area contributed by atoms with Crippen molar-refractivity contribution < 1.29 is 9.78 Å². The lowest BCUT2D eigenvalue weighted by Gasteiger charge is -2.20. The maximum Gasteiger partial charge on any atom is 0.349 e. The number of aromatic amines is 1. The van der Waals surface area contributed by atoms with Crippen LogP contribution in [0.2, 0.25) is 0 Å². The van der Waals surface area contributed by atoms with Gasteiger partial charge in [-0.3, -0.25) is 0 Å². The van der Waals surface area contributed by atoms with Gasteiger partial charge in [-0.05, 0) is 43.7 Å². The van der Waals surface area contributed by atoms with E-state index in [1.54, 1.807) is 24.4 Å². The molecule has 0 atom stereocenters. The van der Waals surface area contributed by atoms with Gasteiger partial charge in [-0.15, -0.1) is 0 Å². The third-order valence-corrected chi connectivity index (χ3v) is 3.66. The number of nitrogens with zero attached hydrogens (tertiary/aromatic N) is 2. The Morgan fingerprint density at radius 3 is 2.46 bits per heavy atom. The van der Waals surface area contributed by atoms with Crippen LogP contribution >= 0.6 is 0 Å². The van der Waals surface area contributed by atoms with Gasteiger partial charge in [0.1, 0.15) is 11.6 Å². The number of carbonyl (C=O) groups excluding carboxylic acids is 1. The summed E-state index contributed by atoms with van der Waals surface area (Å²) in [4.78, 5) is 17.3. The van der Waals surface area contributed by atoms with Crippen LogP contribution in [0.1, 0.15) is 19.4 Å². The highest BCUT2D eigenvalue weighted by atomic mass is 16.1. The Bertz CT molecular complexity index is 741. The second-order valence-corrected chi connectivity index (χ2v) is 5.16. The zero-order valence-electron chi connectivity index (χ0n) is 13.9. The van der Waals surface area contributed by atoms with Gasteiger partial charge >= 0.3 is 5.91 Å². The molecule has 0 aliphatic heterocycles. The summed E-state index contributed by atoms with van der Waals surface area (Å²) in [5.41, 5.74) is 2.00. The molecule has 5 nitrogen and oxygen atoms in total. The Morgan fingerprint density at radius 1 is 1.21 bits per heavy atom. The standard InChI is InChI=1S/C19H20N4O/c1-3-23(4-2)17-10-8-15(9-11-17)13-16(14-20)19(24)22-18-7-5-6-12-21-18/h5-13H,3-4H2,1-2H3,(H,21,22,24)/p+1. The lowest BCUT2D eigenvalue weighted by molar-refractivity contribution is -0.360. The lowest BCUT2D eigenvalue weighted by atomic mass is 10.1. The first-order valence-electron chi connectivity index (χ1n) is 7.92. The second kappa shape index (κ2) is 8.49. The number of nitrogens with one attached hydrogen (secondary N) is 2. The predicted molar refractivity (Wildman–Crippen MR) is 95.2 cm³/mol. The number of carbonyl (C=O) groups is 1. The average Bonchev–Trinajstić information content (AvgIpc) is 2.62. The maximum absolute atomic E-state index is 12.2. The predicted octanol–water partition coefficient (Wildman–Crippen LogP) is 2.89. The summed E-state index contributed by atoms with van der Waals surface area (Å²) >= 11 is 0. The first-order chi connectivity index (χ1) is 11.7. The fourth-order valence-electron chi connectivity index (χ4n) is 2.35. The molecule has 0 unspecified atom stereocenters. The summed E-state index contributed by atoms with van der Waals surface area (Å²) < 4.78 is 0. The molecule has 24 heavy (non-hydrogen) atoms. The van der Waals surface area contributed by atoms with Crippen molar-refractivity contribution in [3.63, 3.8) is 0 Å². The van der Waals surface area contributed by atoms with Gasteiger partial charge in [0.15, 0.2) is 0 Å². The van der Waals surface area contributed by atoms with E-state index in [1.165, 1.54) is 0 Å². The number of hydrogen-bond donors (Lipinski definition) is 1. The first kappa shape index (κ1) is 17.2. The third kappa shape index (κ3) is 4.43. The van der Waals surface area contributed by atoms with Gasteiger partial charge in [-0.2, -0.15) is 5.26 Å². The van der Waals surface area contributed by atoms with Crippen molar-refractivity contribution in [3.05, 3.63) is 59.8 Å². The lowest BCUT2D eigenvalue weighted by Crippen LogP contribution is -2.21. The van der Waals surface area contributed by atoms with Crippen LogP contribution in [-0.4, -0.2) is 19.0 Å². The zero-order valence-corrected chi connectivity index (χ0v) is 13.9. The largest absolute Gasteiger partial charge is 0.372 e. The molecule has 1 amide bonds. The molecule has 2 rings (SSSR count). The Labute approximate surface area is 142 Å². The summed E-state index contributed by atoms with van der Waals surface area (Å²) in [6.07, 6.45) is 3.29. The fourth-order valence-corrected chi connectivity index (χ4v) is 2.35. The molecule has 0 saturated carbocycles. The highest BCUT2D eigenvalue weighted by molar-refractivity contribution is 6.09. The van der Waals surface area contributed by atoms with E-state index < -0.39 is 5.91 Å². The average molecular weight is 321 g/mol. The smallest absolute Gasteiger partial charge is 0.349 e. The van der Waals surface area contributed by atoms with Crippen LogP contribution in [-0.2, 0) is 4.79 Å². The number of benzene rings is 1. The molecule has 0 bridgehead atoms. The van der Waals surface area contributed by atoms with E-state index in [9.17, 15) is 10.1 Å². The minimum atomic E-state index is -0.437. The molecule has 0 spiro atoms. The summed E-state index contributed by atoms with van der Waals surface area (Å²) in [7, 11) is 0. The topological polar surface area (TPSA) is 70.3 Å². The summed E-state index contributed by atoms with van der Waals surface area (Å²) in [5, 5.41) is 11.9. The van der Waals surface area contributed by atoms with Gasteiger partial charge in [-0.1, -0.05) is 18.2 Å². The molecule has 0 radical (unpaired) electrons. The van der Waals surface area contributed by atoms with Crippen molar-refractivity contribution >= 4 is 23.5 Å². The molecule has 0 aliphatic carbocycles. The molecular weight excluding hydrogens is 300 g/mol. The van der Waals surface area contributed by atoms with E-state index in [0.717, 1.165) is 24.3 Å². The molecule has 1 heterocycles. The molecular formula is C19H21N4O+. The van der Waals surface area contributed by atoms with Gasteiger partial charge in [0.05, 0.1) is 6.20 Å². The van der Waals surface area contributed by atoms with E-state index in [2.05, 4.69) is 29.0 Å². The van der Waals surface area contributed by atoms with E-state index in [0.29, 0.717) is 5.82 Å². The molecule has 2 N–H and O–H groups in total. The van der Waals surface area contributed by atoms with E-state index in [1.807, 2.05) is 36.4 Å². The van der Waals surface area contributed by atoms with Crippen molar-refractivity contribution in [3.8, 4) is 6.07 Å². The van der Waals surface area contributed by atoms with Crippen molar-refractivity contribution in [1.29, 1.82) is 5.26 Å². The maximum atomic E-state index is 12.2. The Balaban J connectivity index is 2.15. The molecule has 2 aromatic rings. The van der Waals surface area contributed by atoms with Crippen LogP contribution < -0.4 is 15.2 Å². The number of rotatable bonds is 6. The van der Waals surface area contributed by atoms with Crippen LogP contribution in [0.5, 0.6) is 0 Å². The summed E-state index contributed by atoms with van der Waals surface area (Å²) in [6.45, 7) is 6.09. The second-order valence-electron chi connectivity index (χ2n) is 5.16. The highest BCUT2D eigenvalue weighted by Gasteiger charge is 2.15. The van der Waals surface area contributed by atoms with Crippen molar-refractivity contribution in [1.82, 2.24) is 0 Å². The SMILES string of the molecule is CCN(CC)c1ccc(C=C(C#N)C(=O)Nc2cccc[nH+]2)cc1. The molecule has 1 aromatic heterocycles. The van der Waals surface area contributed by atoms with Crippen molar-refractivity contribution in [2.45, 2.75) is 13.8 Å². The molecule has 0 saturated heterocycles. The number of amides is 1. The zero-order chi connectivity index (χ0) is 17.4. The number of aromatic nitrogens is 1. The minimum absolute atomic E-state index is 0.0582. The first-order valence-corrected chi connectivity index (χ1v) is 7.92. The molecule has 0 aliphatic rings. The van der Waals surface area contributed by atoms with Crippen LogP contribution in [0.3, 0.4) is 0 Å². The summed E-state index contributed by atoms with van der Waals surface area (Å²) in [6, 6.07) is 15.1. The van der Waals surface area contributed by atoms with Crippen LogP contribution in [0, 0.1) is 11.3 Å². The number of anilines is 2. The third-order valence-electron chi connectivity index (χ3n) is 3.66. The van der Waals surface area contributed by atoms with Crippen molar-refractivity contribution in [2.75, 3.05) is 23.3 Å². The normalized spacial score (nSPS) is 10.8. The highest BCUT2D eigenvalue weighted by Crippen LogP contribution is 2.17. The Hall–Kier alpha value is -3.13. The monoisotopic (exact) mass is 321 g/mol. The number of nitriles is 1. The van der Waals surface area contributed by atoms with Gasteiger partial charge in [0, 0.05) is 24.8 Å². The number of H-pyrrole nitrogens is 1. The summed E-state index contributed by atoms with van der Waals surface area (Å²) in [5.74, 6) is 0.105. The van der Waals surface area contributed by atoms with Gasteiger partial charge in [0.25, 0.3) is 5.82 Å². The molecule has 5 heteroatoms. The van der Waals surface area contributed by atoms with Gasteiger partial charge in [-0.25, -0.2) is 15.1 Å². The van der Waals surface area contributed by atoms with Gasteiger partial charge in [0.2, 0.25) is 0 Å². The van der Waals surface area contributed by atoms with Gasteiger partial charge < -0.3 is 4.90 Å². The molecule has 1 aromatic carbocycles. The number of pyridine rings is 1. The molecule has 0 fully saturated rings. The fraction of sp³-hybridized carbons (Fsp3) is 0.211. The van der Waals surface area contributed by atoms with Crippen LogP contribution in [0.15, 0.2) is 54.2 Å².